The molecule has 0 aliphatic carbocycles. The van der Waals surface area contributed by atoms with Gasteiger partial charge in [0, 0.05) is 27.7 Å². The van der Waals surface area contributed by atoms with Crippen molar-refractivity contribution >= 4 is 11.6 Å². The Morgan fingerprint density at radius 3 is 2.62 bits per heavy atom. The molecule has 1 aromatic rings. The van der Waals surface area contributed by atoms with Gasteiger partial charge in [-0.3, -0.25) is 4.79 Å². The van der Waals surface area contributed by atoms with Crippen LogP contribution in [-0.2, 0) is 11.3 Å². The number of anilines is 1. The van der Waals surface area contributed by atoms with E-state index >= 15 is 0 Å². The molecule has 0 radical (unpaired) electrons. The summed E-state index contributed by atoms with van der Waals surface area (Å²) in [5.41, 5.74) is 2.46. The quantitative estimate of drug-likeness (QED) is 0.774. The monoisotopic (exact) mass is 288 g/mol. The van der Waals surface area contributed by atoms with Gasteiger partial charge in [0.25, 0.3) is 0 Å². The predicted molar refractivity (Wildman–Crippen MR) is 85.1 cm³/mol. The van der Waals surface area contributed by atoms with Gasteiger partial charge < -0.3 is 15.1 Å². The number of nitrogens with zero attached hydrogens (tertiary/aromatic N) is 3. The second kappa shape index (κ2) is 8.28. The van der Waals surface area contributed by atoms with E-state index in [1.807, 2.05) is 30.1 Å². The fourth-order valence-corrected chi connectivity index (χ4v) is 1.95. The first-order chi connectivity index (χ1) is 9.99. The summed E-state index contributed by atoms with van der Waals surface area (Å²) in [6.45, 7) is 4.09. The first-order valence-electron chi connectivity index (χ1n) is 7.14. The Bertz CT molecular complexity index is 519. The van der Waals surface area contributed by atoms with E-state index in [0.29, 0.717) is 5.56 Å². The Balaban J connectivity index is 2.83. The second-order valence-corrected chi connectivity index (χ2v) is 5.28. The van der Waals surface area contributed by atoms with Crippen molar-refractivity contribution in [2.45, 2.75) is 19.9 Å². The van der Waals surface area contributed by atoms with Gasteiger partial charge in [0.1, 0.15) is 6.07 Å². The van der Waals surface area contributed by atoms with E-state index in [1.165, 1.54) is 0 Å². The molecule has 1 N–H and O–H groups in total. The summed E-state index contributed by atoms with van der Waals surface area (Å²) < 4.78 is 0. The first kappa shape index (κ1) is 17.0. The van der Waals surface area contributed by atoms with Crippen molar-refractivity contribution in [1.82, 2.24) is 10.2 Å². The highest BCUT2D eigenvalue weighted by molar-refractivity contribution is 5.81. The highest BCUT2D eigenvalue weighted by atomic mass is 16.2. The number of benzene rings is 1. The van der Waals surface area contributed by atoms with Crippen LogP contribution in [0.3, 0.4) is 0 Å². The summed E-state index contributed by atoms with van der Waals surface area (Å²) in [6, 6.07) is 8.00. The molecule has 1 rings (SSSR count). The molecule has 0 saturated heterocycles. The van der Waals surface area contributed by atoms with E-state index in [2.05, 4.69) is 18.3 Å². The van der Waals surface area contributed by atoms with Crippen LogP contribution in [0, 0.1) is 11.3 Å². The number of rotatable bonds is 7. The Labute approximate surface area is 127 Å². The Hall–Kier alpha value is -2.06. The summed E-state index contributed by atoms with van der Waals surface area (Å²) in [5.74, 6) is 0.00933. The summed E-state index contributed by atoms with van der Waals surface area (Å²) in [6.07, 6.45) is 1.08. The molecule has 5 nitrogen and oxygen atoms in total. The summed E-state index contributed by atoms with van der Waals surface area (Å²) >= 11 is 0. The van der Waals surface area contributed by atoms with Crippen LogP contribution < -0.4 is 10.2 Å². The van der Waals surface area contributed by atoms with Crippen molar-refractivity contribution in [2.75, 3.05) is 39.1 Å². The van der Waals surface area contributed by atoms with Crippen LogP contribution in [0.4, 0.5) is 5.69 Å². The lowest BCUT2D eigenvalue weighted by atomic mass is 10.1. The highest BCUT2D eigenvalue weighted by Gasteiger charge is 2.13. The third-order valence-corrected chi connectivity index (χ3v) is 3.22. The molecule has 0 atom stereocenters. The number of nitrogens with one attached hydrogen (secondary N) is 1. The zero-order valence-corrected chi connectivity index (χ0v) is 13.3. The largest absolute Gasteiger partial charge is 0.364 e. The first-order valence-corrected chi connectivity index (χ1v) is 7.14. The molecule has 114 valence electrons. The van der Waals surface area contributed by atoms with E-state index in [9.17, 15) is 10.1 Å². The fraction of sp³-hybridized carbons (Fsp3) is 0.500. The topological polar surface area (TPSA) is 59.4 Å². The maximum Gasteiger partial charge on any atom is 0.241 e. The third kappa shape index (κ3) is 5.09. The normalized spacial score (nSPS) is 10.0. The van der Waals surface area contributed by atoms with Gasteiger partial charge in [-0.25, -0.2) is 0 Å². The smallest absolute Gasteiger partial charge is 0.241 e. The third-order valence-electron chi connectivity index (χ3n) is 3.22. The molecular formula is C16H24N4O. The van der Waals surface area contributed by atoms with Gasteiger partial charge in [-0.15, -0.1) is 0 Å². The molecule has 5 heteroatoms. The van der Waals surface area contributed by atoms with E-state index in [4.69, 9.17) is 0 Å². The van der Waals surface area contributed by atoms with Gasteiger partial charge >= 0.3 is 0 Å². The molecule has 0 unspecified atom stereocenters. The minimum atomic E-state index is 0.00933. The van der Waals surface area contributed by atoms with Gasteiger partial charge in [-0.05, 0) is 30.7 Å². The molecular weight excluding hydrogens is 264 g/mol. The number of carbonyl (C=O) groups is 1. The molecule has 0 aliphatic rings. The maximum atomic E-state index is 11.8. The van der Waals surface area contributed by atoms with Crippen LogP contribution in [0.25, 0.3) is 0 Å². The van der Waals surface area contributed by atoms with E-state index < -0.39 is 0 Å². The molecule has 1 amide bonds. The van der Waals surface area contributed by atoms with Crippen molar-refractivity contribution in [3.8, 4) is 6.07 Å². The zero-order chi connectivity index (χ0) is 15.8. The standard InChI is InChI=1S/C16H24N4O/c1-5-8-18-11-13-6-7-15(14(9-13)10-17)20(4)12-16(21)19(2)3/h6-7,9,18H,5,8,11-12H2,1-4H3. The molecule has 0 bridgehead atoms. The molecule has 0 heterocycles. The lowest BCUT2D eigenvalue weighted by molar-refractivity contribution is -0.127. The van der Waals surface area contributed by atoms with Gasteiger partial charge in [0.2, 0.25) is 5.91 Å². The van der Waals surface area contributed by atoms with Gasteiger partial charge in [-0.1, -0.05) is 13.0 Å². The summed E-state index contributed by atoms with van der Waals surface area (Å²) in [7, 11) is 5.28. The van der Waals surface area contributed by atoms with Gasteiger partial charge in [0.05, 0.1) is 17.8 Å². The predicted octanol–water partition coefficient (Wildman–Crippen LogP) is 1.58. The molecule has 0 spiro atoms. The molecule has 0 aromatic heterocycles. The lowest BCUT2D eigenvalue weighted by Gasteiger charge is -2.22. The number of carbonyl (C=O) groups excluding carboxylic acids is 1. The molecule has 0 fully saturated rings. The van der Waals surface area contributed by atoms with Crippen molar-refractivity contribution in [3.63, 3.8) is 0 Å². The van der Waals surface area contributed by atoms with Gasteiger partial charge in [0.15, 0.2) is 0 Å². The minimum absolute atomic E-state index is 0.00933. The molecule has 0 saturated carbocycles. The van der Waals surface area contributed by atoms with E-state index in [1.54, 1.807) is 19.0 Å². The number of hydrogen-bond acceptors (Lipinski definition) is 4. The Morgan fingerprint density at radius 1 is 1.33 bits per heavy atom. The number of hydrogen-bond donors (Lipinski definition) is 1. The van der Waals surface area contributed by atoms with Crippen molar-refractivity contribution in [3.05, 3.63) is 29.3 Å². The molecule has 21 heavy (non-hydrogen) atoms. The number of likely N-dealkylation sites (N-methyl/N-ethyl adjacent to an activating group) is 2. The Kier molecular flexibility index (Phi) is 6.70. The second-order valence-electron chi connectivity index (χ2n) is 5.28. The number of nitriles is 1. The van der Waals surface area contributed by atoms with E-state index in [-0.39, 0.29) is 12.5 Å². The highest BCUT2D eigenvalue weighted by Crippen LogP contribution is 2.20. The van der Waals surface area contributed by atoms with Crippen LogP contribution in [0.5, 0.6) is 0 Å². The maximum absolute atomic E-state index is 11.8. The van der Waals surface area contributed by atoms with Crippen molar-refractivity contribution in [1.29, 1.82) is 5.26 Å². The van der Waals surface area contributed by atoms with Crippen molar-refractivity contribution < 1.29 is 4.79 Å². The Morgan fingerprint density at radius 2 is 2.05 bits per heavy atom. The van der Waals surface area contributed by atoms with Crippen LogP contribution in [0.1, 0.15) is 24.5 Å². The fourth-order valence-electron chi connectivity index (χ4n) is 1.95. The molecule has 1 aromatic carbocycles. The average Bonchev–Trinajstić information content (AvgIpc) is 2.47. The van der Waals surface area contributed by atoms with Gasteiger partial charge in [-0.2, -0.15) is 5.26 Å². The lowest BCUT2D eigenvalue weighted by Crippen LogP contribution is -2.34. The number of amides is 1. The summed E-state index contributed by atoms with van der Waals surface area (Å²) in [4.78, 5) is 15.1. The average molecular weight is 288 g/mol. The van der Waals surface area contributed by atoms with Crippen LogP contribution >= 0.6 is 0 Å². The minimum Gasteiger partial charge on any atom is -0.364 e. The van der Waals surface area contributed by atoms with Crippen LogP contribution in [0.15, 0.2) is 18.2 Å². The summed E-state index contributed by atoms with van der Waals surface area (Å²) in [5, 5.41) is 12.6. The molecule has 0 aliphatic heterocycles. The van der Waals surface area contributed by atoms with Crippen molar-refractivity contribution in [2.24, 2.45) is 0 Å². The van der Waals surface area contributed by atoms with Crippen LogP contribution in [-0.4, -0.2) is 45.0 Å². The zero-order valence-electron chi connectivity index (χ0n) is 13.3. The SMILES string of the molecule is CCCNCc1ccc(N(C)CC(=O)N(C)C)c(C#N)c1. The van der Waals surface area contributed by atoms with Crippen LogP contribution in [0.2, 0.25) is 0 Å². The van der Waals surface area contributed by atoms with E-state index in [0.717, 1.165) is 30.8 Å².